The van der Waals surface area contributed by atoms with Crippen molar-refractivity contribution in [1.82, 2.24) is 15.2 Å². The molecule has 48 valence electrons. The first-order valence-corrected chi connectivity index (χ1v) is 3.75. The van der Waals surface area contributed by atoms with Crippen LogP contribution in [0.2, 0.25) is 0 Å². The van der Waals surface area contributed by atoms with Crippen LogP contribution in [0.5, 0.6) is 0 Å². The van der Waals surface area contributed by atoms with Gasteiger partial charge in [0.05, 0.1) is 5.69 Å². The van der Waals surface area contributed by atoms with E-state index in [0.29, 0.717) is 0 Å². The molecule has 0 saturated heterocycles. The third-order valence-corrected chi connectivity index (χ3v) is 1.72. The lowest BCUT2D eigenvalue weighted by Crippen LogP contribution is -1.90. The van der Waals surface area contributed by atoms with E-state index < -0.39 is 0 Å². The third-order valence-electron chi connectivity index (χ3n) is 0.954. The van der Waals surface area contributed by atoms with Gasteiger partial charge in [0.15, 0.2) is 0 Å². The minimum atomic E-state index is 0.900. The van der Waals surface area contributed by atoms with Crippen molar-refractivity contribution in [2.45, 2.75) is 11.9 Å². The van der Waals surface area contributed by atoms with Crippen molar-refractivity contribution in [1.29, 1.82) is 0 Å². The maximum absolute atomic E-state index is 3.96. The van der Waals surface area contributed by atoms with Crippen molar-refractivity contribution in [2.75, 3.05) is 6.26 Å². The van der Waals surface area contributed by atoms with Crippen LogP contribution in [0.1, 0.15) is 5.69 Å². The van der Waals surface area contributed by atoms with Crippen molar-refractivity contribution in [3.63, 3.8) is 0 Å². The number of nitrogens with zero attached hydrogens (tertiary/aromatic N) is 3. The average Bonchev–Trinajstić information content (AvgIpc) is 1.89. The van der Waals surface area contributed by atoms with Crippen LogP contribution in [0.15, 0.2) is 11.4 Å². The zero-order valence-corrected chi connectivity index (χ0v) is 6.14. The minimum absolute atomic E-state index is 0.900. The van der Waals surface area contributed by atoms with Gasteiger partial charge in [-0.25, -0.2) is 4.98 Å². The van der Waals surface area contributed by atoms with E-state index in [4.69, 9.17) is 0 Å². The summed E-state index contributed by atoms with van der Waals surface area (Å²) in [5.74, 6) is 0. The van der Waals surface area contributed by atoms with E-state index in [9.17, 15) is 0 Å². The summed E-state index contributed by atoms with van der Waals surface area (Å²) in [7, 11) is 0. The molecule has 0 spiro atoms. The predicted octanol–water partition coefficient (Wildman–Crippen LogP) is 0.902. The van der Waals surface area contributed by atoms with Crippen LogP contribution in [0.3, 0.4) is 0 Å². The third kappa shape index (κ3) is 1.38. The van der Waals surface area contributed by atoms with E-state index in [1.165, 1.54) is 6.33 Å². The number of aromatic nitrogens is 3. The Morgan fingerprint density at radius 1 is 1.56 bits per heavy atom. The van der Waals surface area contributed by atoms with Gasteiger partial charge >= 0.3 is 0 Å². The molecule has 0 fully saturated rings. The maximum Gasteiger partial charge on any atom is 0.140 e. The van der Waals surface area contributed by atoms with Gasteiger partial charge in [0.25, 0.3) is 0 Å². The van der Waals surface area contributed by atoms with Gasteiger partial charge in [-0.2, -0.15) is 0 Å². The lowest BCUT2D eigenvalue weighted by molar-refractivity contribution is 0.845. The number of rotatable bonds is 1. The molecular formula is C5H7N3S. The van der Waals surface area contributed by atoms with Gasteiger partial charge in [-0.3, -0.25) is 0 Å². The van der Waals surface area contributed by atoms with Crippen LogP contribution in [0.4, 0.5) is 0 Å². The summed E-state index contributed by atoms with van der Waals surface area (Å²) in [6.07, 6.45) is 3.41. The van der Waals surface area contributed by atoms with Gasteiger partial charge in [0, 0.05) is 0 Å². The van der Waals surface area contributed by atoms with Gasteiger partial charge < -0.3 is 0 Å². The average molecular weight is 141 g/mol. The summed E-state index contributed by atoms with van der Waals surface area (Å²) in [6, 6.07) is 0. The second-order valence-electron chi connectivity index (χ2n) is 1.55. The molecule has 3 nitrogen and oxygen atoms in total. The highest BCUT2D eigenvalue weighted by atomic mass is 32.2. The predicted molar refractivity (Wildman–Crippen MR) is 36.3 cm³/mol. The molecule has 0 aromatic carbocycles. The van der Waals surface area contributed by atoms with Crippen LogP contribution >= 0.6 is 11.8 Å². The van der Waals surface area contributed by atoms with Crippen molar-refractivity contribution in [3.8, 4) is 0 Å². The zero-order valence-electron chi connectivity index (χ0n) is 5.33. The first kappa shape index (κ1) is 6.48. The normalized spacial score (nSPS) is 9.56. The molecule has 0 bridgehead atoms. The summed E-state index contributed by atoms with van der Waals surface area (Å²) >= 11 is 1.56. The second kappa shape index (κ2) is 2.77. The summed E-state index contributed by atoms with van der Waals surface area (Å²) < 4.78 is 0. The Morgan fingerprint density at radius 3 is 2.78 bits per heavy atom. The summed E-state index contributed by atoms with van der Waals surface area (Å²) in [4.78, 5) is 3.96. The van der Waals surface area contributed by atoms with Gasteiger partial charge in [-0.1, -0.05) is 0 Å². The highest BCUT2D eigenvalue weighted by molar-refractivity contribution is 7.98. The van der Waals surface area contributed by atoms with Gasteiger partial charge in [-0.15, -0.1) is 22.0 Å². The fourth-order valence-corrected chi connectivity index (χ4v) is 0.984. The van der Waals surface area contributed by atoms with Crippen molar-refractivity contribution < 1.29 is 0 Å². The van der Waals surface area contributed by atoms with E-state index in [2.05, 4.69) is 15.2 Å². The number of hydrogen-bond donors (Lipinski definition) is 0. The molecule has 0 unspecified atom stereocenters. The van der Waals surface area contributed by atoms with Gasteiger partial charge in [0.1, 0.15) is 11.4 Å². The number of thioether (sulfide) groups is 1. The van der Waals surface area contributed by atoms with E-state index >= 15 is 0 Å². The van der Waals surface area contributed by atoms with E-state index in [1.807, 2.05) is 13.2 Å². The Bertz CT molecular complexity index is 201. The molecule has 1 aromatic rings. The van der Waals surface area contributed by atoms with Crippen LogP contribution in [-0.2, 0) is 0 Å². The molecule has 0 aliphatic carbocycles. The topological polar surface area (TPSA) is 38.7 Å². The highest BCUT2D eigenvalue weighted by Crippen LogP contribution is 2.11. The fourth-order valence-electron chi connectivity index (χ4n) is 0.507. The highest BCUT2D eigenvalue weighted by Gasteiger charge is 1.95. The fraction of sp³-hybridized carbons (Fsp3) is 0.400. The van der Waals surface area contributed by atoms with Crippen molar-refractivity contribution in [2.24, 2.45) is 0 Å². The molecule has 0 amide bonds. The molecule has 1 rings (SSSR count). The molecule has 1 heterocycles. The molecule has 0 aliphatic heterocycles. The Kier molecular flexibility index (Phi) is 2.00. The zero-order chi connectivity index (χ0) is 6.69. The van der Waals surface area contributed by atoms with Crippen LogP contribution in [-0.4, -0.2) is 21.4 Å². The smallest absolute Gasteiger partial charge is 0.140 e. The lowest BCUT2D eigenvalue weighted by atomic mass is 10.5. The summed E-state index contributed by atoms with van der Waals surface area (Å²) in [5, 5.41) is 8.38. The summed E-state index contributed by atoms with van der Waals surface area (Å²) in [6.45, 7) is 1.92. The molecule has 0 aliphatic rings. The van der Waals surface area contributed by atoms with Crippen molar-refractivity contribution >= 4 is 11.8 Å². The molecular weight excluding hydrogens is 134 g/mol. The summed E-state index contributed by atoms with van der Waals surface area (Å²) in [5.41, 5.74) is 0.942. The molecule has 0 N–H and O–H groups in total. The standard InChI is InChI=1S/C5H7N3S/c1-4-5(9-2)8-7-3-6-4/h3H,1-2H3. The Balaban J connectivity index is 3.01. The molecule has 9 heavy (non-hydrogen) atoms. The lowest BCUT2D eigenvalue weighted by Gasteiger charge is -1.94. The van der Waals surface area contributed by atoms with Gasteiger partial charge in [-0.05, 0) is 13.2 Å². The van der Waals surface area contributed by atoms with E-state index in [-0.39, 0.29) is 0 Å². The molecule has 0 radical (unpaired) electrons. The van der Waals surface area contributed by atoms with Crippen molar-refractivity contribution in [3.05, 3.63) is 12.0 Å². The quantitative estimate of drug-likeness (QED) is 0.545. The Morgan fingerprint density at radius 2 is 2.33 bits per heavy atom. The maximum atomic E-state index is 3.96. The minimum Gasteiger partial charge on any atom is -0.237 e. The second-order valence-corrected chi connectivity index (χ2v) is 2.35. The van der Waals surface area contributed by atoms with E-state index in [1.54, 1.807) is 11.8 Å². The van der Waals surface area contributed by atoms with Crippen LogP contribution in [0, 0.1) is 6.92 Å². The molecule has 0 atom stereocenters. The van der Waals surface area contributed by atoms with Gasteiger partial charge in [0.2, 0.25) is 0 Å². The number of hydrogen-bond acceptors (Lipinski definition) is 4. The Labute approximate surface area is 57.9 Å². The molecule has 1 aromatic heterocycles. The molecule has 4 heteroatoms. The van der Waals surface area contributed by atoms with E-state index in [0.717, 1.165) is 10.7 Å². The van der Waals surface area contributed by atoms with Crippen LogP contribution < -0.4 is 0 Å². The monoisotopic (exact) mass is 141 g/mol. The largest absolute Gasteiger partial charge is 0.237 e. The SMILES string of the molecule is CSc1nncnc1C. The number of aryl methyl sites for hydroxylation is 1. The Hall–Kier alpha value is -0.640. The first-order valence-electron chi connectivity index (χ1n) is 2.53. The first-order chi connectivity index (χ1) is 4.34. The molecule has 0 saturated carbocycles. The van der Waals surface area contributed by atoms with Crippen LogP contribution in [0.25, 0.3) is 0 Å².